The maximum absolute atomic E-state index is 12.6. The van der Waals surface area contributed by atoms with Crippen molar-refractivity contribution >= 4 is 0 Å². The molecule has 1 nitrogen and oxygen atoms in total. The first-order chi connectivity index (χ1) is 9.92. The summed E-state index contributed by atoms with van der Waals surface area (Å²) in [6.07, 6.45) is 2.96. The van der Waals surface area contributed by atoms with Gasteiger partial charge in [0.25, 0.3) is 0 Å². The zero-order valence-corrected chi connectivity index (χ0v) is 11.8. The second-order valence-corrected chi connectivity index (χ2v) is 7.22. The van der Waals surface area contributed by atoms with Gasteiger partial charge in [-0.05, 0) is 80.5 Å². The standard InChI is InChI=1S/C17H19F3O/c18-17(19,20)14-1-3-15(4-2-14)21-16-8-11-5-12(9-16)7-13(6-11)10-16/h1-4,11-13H,5-10H2. The molecule has 5 rings (SSSR count). The summed E-state index contributed by atoms with van der Waals surface area (Å²) in [4.78, 5) is 0. The second-order valence-electron chi connectivity index (χ2n) is 7.22. The smallest absolute Gasteiger partial charge is 0.416 e. The van der Waals surface area contributed by atoms with Crippen LogP contribution in [0.15, 0.2) is 24.3 Å². The summed E-state index contributed by atoms with van der Waals surface area (Å²) < 4.78 is 44.0. The Labute approximate surface area is 122 Å². The predicted molar refractivity (Wildman–Crippen MR) is 73.0 cm³/mol. The Morgan fingerprint density at radius 3 is 1.76 bits per heavy atom. The minimum Gasteiger partial charge on any atom is -0.487 e. The molecule has 0 atom stereocenters. The highest BCUT2D eigenvalue weighted by atomic mass is 19.4. The summed E-state index contributed by atoms with van der Waals surface area (Å²) in [5.41, 5.74) is -0.713. The third-order valence-corrected chi connectivity index (χ3v) is 5.50. The van der Waals surface area contributed by atoms with Crippen LogP contribution in [-0.4, -0.2) is 5.60 Å². The molecule has 4 aliphatic carbocycles. The number of rotatable bonds is 2. The van der Waals surface area contributed by atoms with Crippen LogP contribution in [0.4, 0.5) is 13.2 Å². The molecule has 0 spiro atoms. The second kappa shape index (κ2) is 4.40. The molecule has 21 heavy (non-hydrogen) atoms. The van der Waals surface area contributed by atoms with Crippen LogP contribution < -0.4 is 4.74 Å². The zero-order chi connectivity index (χ0) is 14.7. The summed E-state index contributed by atoms with van der Waals surface area (Å²) in [6.45, 7) is 0. The van der Waals surface area contributed by atoms with Gasteiger partial charge in [0.2, 0.25) is 0 Å². The van der Waals surface area contributed by atoms with Crippen molar-refractivity contribution in [1.29, 1.82) is 0 Å². The lowest BCUT2D eigenvalue weighted by Gasteiger charge is -2.56. The maximum Gasteiger partial charge on any atom is 0.416 e. The zero-order valence-electron chi connectivity index (χ0n) is 11.8. The van der Waals surface area contributed by atoms with E-state index >= 15 is 0 Å². The van der Waals surface area contributed by atoms with Crippen molar-refractivity contribution in [1.82, 2.24) is 0 Å². The molecule has 1 aromatic rings. The van der Waals surface area contributed by atoms with Crippen molar-refractivity contribution in [2.45, 2.75) is 50.3 Å². The Morgan fingerprint density at radius 1 is 0.857 bits per heavy atom. The normalized spacial score (nSPS) is 37.8. The highest BCUT2D eigenvalue weighted by molar-refractivity contribution is 5.30. The van der Waals surface area contributed by atoms with E-state index in [2.05, 4.69) is 0 Å². The van der Waals surface area contributed by atoms with Crippen LogP contribution in [-0.2, 0) is 6.18 Å². The number of hydrogen-bond donors (Lipinski definition) is 0. The molecule has 0 unspecified atom stereocenters. The number of hydrogen-bond acceptors (Lipinski definition) is 1. The summed E-state index contributed by atoms with van der Waals surface area (Å²) in [5.74, 6) is 2.90. The van der Waals surface area contributed by atoms with E-state index in [1.54, 1.807) is 0 Å². The van der Waals surface area contributed by atoms with E-state index in [-0.39, 0.29) is 5.60 Å². The van der Waals surface area contributed by atoms with Crippen molar-refractivity contribution < 1.29 is 17.9 Å². The van der Waals surface area contributed by atoms with Gasteiger partial charge in [0, 0.05) is 0 Å². The number of alkyl halides is 3. The van der Waals surface area contributed by atoms with Crippen LogP contribution in [0, 0.1) is 17.8 Å². The topological polar surface area (TPSA) is 9.23 Å². The van der Waals surface area contributed by atoms with Crippen LogP contribution in [0.5, 0.6) is 5.75 Å². The first-order valence-corrected chi connectivity index (χ1v) is 7.78. The van der Waals surface area contributed by atoms with Gasteiger partial charge in [0.1, 0.15) is 11.4 Å². The van der Waals surface area contributed by atoms with Gasteiger partial charge in [-0.3, -0.25) is 0 Å². The van der Waals surface area contributed by atoms with E-state index in [0.29, 0.717) is 5.75 Å². The molecular formula is C17H19F3O. The minimum atomic E-state index is -4.28. The molecule has 0 radical (unpaired) electrons. The average molecular weight is 296 g/mol. The Morgan fingerprint density at radius 2 is 1.33 bits per heavy atom. The fourth-order valence-corrected chi connectivity index (χ4v) is 5.12. The van der Waals surface area contributed by atoms with E-state index in [1.165, 1.54) is 31.4 Å². The van der Waals surface area contributed by atoms with Gasteiger partial charge >= 0.3 is 6.18 Å². The van der Waals surface area contributed by atoms with Crippen LogP contribution in [0.25, 0.3) is 0 Å². The first kappa shape index (κ1) is 13.5. The Hall–Kier alpha value is -1.19. The highest BCUT2D eigenvalue weighted by Gasteiger charge is 2.52. The Bertz CT molecular complexity index is 497. The first-order valence-electron chi connectivity index (χ1n) is 7.78. The molecule has 4 saturated carbocycles. The monoisotopic (exact) mass is 296 g/mol. The molecule has 4 heteroatoms. The minimum absolute atomic E-state index is 0.103. The molecule has 4 fully saturated rings. The molecule has 0 aromatic heterocycles. The van der Waals surface area contributed by atoms with E-state index in [1.807, 2.05) is 0 Å². The fourth-order valence-electron chi connectivity index (χ4n) is 5.12. The van der Waals surface area contributed by atoms with Crippen LogP contribution >= 0.6 is 0 Å². The van der Waals surface area contributed by atoms with Crippen molar-refractivity contribution in [3.05, 3.63) is 29.8 Å². The number of benzene rings is 1. The number of ether oxygens (including phenoxy) is 1. The van der Waals surface area contributed by atoms with E-state index in [9.17, 15) is 13.2 Å². The van der Waals surface area contributed by atoms with Crippen molar-refractivity contribution in [3.8, 4) is 5.75 Å². The van der Waals surface area contributed by atoms with Gasteiger partial charge in [-0.1, -0.05) is 0 Å². The molecular weight excluding hydrogens is 277 g/mol. The molecule has 0 saturated heterocycles. The number of halogens is 3. The van der Waals surface area contributed by atoms with Crippen molar-refractivity contribution in [2.24, 2.45) is 17.8 Å². The summed E-state index contributed by atoms with van der Waals surface area (Å²) in [6, 6.07) is 5.19. The third-order valence-electron chi connectivity index (χ3n) is 5.50. The molecule has 0 heterocycles. The molecule has 1 aromatic carbocycles. The Balaban J connectivity index is 1.53. The highest BCUT2D eigenvalue weighted by Crippen LogP contribution is 2.57. The predicted octanol–water partition coefficient (Wildman–Crippen LogP) is 5.05. The lowest BCUT2D eigenvalue weighted by Crippen LogP contribution is -2.53. The summed E-state index contributed by atoms with van der Waals surface area (Å²) >= 11 is 0. The molecule has 114 valence electrons. The largest absolute Gasteiger partial charge is 0.487 e. The van der Waals surface area contributed by atoms with E-state index < -0.39 is 11.7 Å². The quantitative estimate of drug-likeness (QED) is 0.742. The molecule has 0 N–H and O–H groups in total. The van der Waals surface area contributed by atoms with E-state index in [4.69, 9.17) is 4.74 Å². The van der Waals surface area contributed by atoms with Gasteiger partial charge in [-0.25, -0.2) is 0 Å². The van der Waals surface area contributed by atoms with Gasteiger partial charge in [-0.15, -0.1) is 0 Å². The lowest BCUT2D eigenvalue weighted by molar-refractivity contribution is -0.137. The average Bonchev–Trinajstić information content (AvgIpc) is 2.35. The Kier molecular flexibility index (Phi) is 2.82. The van der Waals surface area contributed by atoms with Gasteiger partial charge in [0.05, 0.1) is 5.56 Å². The van der Waals surface area contributed by atoms with Crippen molar-refractivity contribution in [3.63, 3.8) is 0 Å². The van der Waals surface area contributed by atoms with Crippen molar-refractivity contribution in [2.75, 3.05) is 0 Å². The SMILES string of the molecule is FC(F)(F)c1ccc(OC23CC4CC(CC(C4)C2)C3)cc1. The third kappa shape index (κ3) is 2.43. The van der Waals surface area contributed by atoms with E-state index in [0.717, 1.165) is 49.1 Å². The van der Waals surface area contributed by atoms with Crippen LogP contribution in [0.2, 0.25) is 0 Å². The lowest BCUT2D eigenvalue weighted by atomic mass is 9.54. The molecule has 0 aliphatic heterocycles. The molecule has 4 bridgehead atoms. The van der Waals surface area contributed by atoms with Gasteiger partial charge in [0.15, 0.2) is 0 Å². The maximum atomic E-state index is 12.6. The van der Waals surface area contributed by atoms with Gasteiger partial charge in [-0.2, -0.15) is 13.2 Å². The van der Waals surface area contributed by atoms with Crippen LogP contribution in [0.3, 0.4) is 0 Å². The summed E-state index contributed by atoms with van der Waals surface area (Å²) in [5, 5.41) is 0. The van der Waals surface area contributed by atoms with Crippen LogP contribution in [0.1, 0.15) is 44.1 Å². The molecule has 4 aliphatic rings. The molecule has 0 amide bonds. The fraction of sp³-hybridized carbons (Fsp3) is 0.647. The summed E-state index contributed by atoms with van der Waals surface area (Å²) in [7, 11) is 0. The van der Waals surface area contributed by atoms with Gasteiger partial charge < -0.3 is 4.74 Å².